The summed E-state index contributed by atoms with van der Waals surface area (Å²) in [7, 11) is -3.70. The summed E-state index contributed by atoms with van der Waals surface area (Å²) in [5.74, 6) is -0.847. The van der Waals surface area contributed by atoms with Crippen LogP contribution in [-0.2, 0) is 16.4 Å². The number of sulfone groups is 1. The number of nitrogens with zero attached hydrogens (tertiary/aromatic N) is 1. The SMILES string of the molecule is Cc1c(S(=O)(=O)CCNC(=O)Nc2ccccc2F)c2ccccc2n1Cc1ccccc1. The van der Waals surface area contributed by atoms with Crippen LogP contribution in [-0.4, -0.2) is 31.3 Å². The largest absolute Gasteiger partial charge is 0.339 e. The van der Waals surface area contributed by atoms with Gasteiger partial charge in [0.25, 0.3) is 0 Å². The molecule has 0 bridgehead atoms. The molecule has 0 saturated heterocycles. The van der Waals surface area contributed by atoms with Crippen molar-refractivity contribution in [3.8, 4) is 0 Å². The highest BCUT2D eigenvalue weighted by Gasteiger charge is 2.25. The molecule has 170 valence electrons. The first-order chi connectivity index (χ1) is 15.9. The molecule has 4 rings (SSSR count). The maximum Gasteiger partial charge on any atom is 0.319 e. The summed E-state index contributed by atoms with van der Waals surface area (Å²) >= 11 is 0. The van der Waals surface area contributed by atoms with E-state index in [0.717, 1.165) is 11.1 Å². The first-order valence-corrected chi connectivity index (χ1v) is 12.2. The lowest BCUT2D eigenvalue weighted by molar-refractivity contribution is 0.252. The van der Waals surface area contributed by atoms with Crippen molar-refractivity contribution in [3.63, 3.8) is 0 Å². The van der Waals surface area contributed by atoms with Crippen LogP contribution in [0.15, 0.2) is 83.8 Å². The van der Waals surface area contributed by atoms with E-state index in [-0.39, 0.29) is 22.9 Å². The second-order valence-corrected chi connectivity index (χ2v) is 9.73. The predicted octanol–water partition coefficient (Wildman–Crippen LogP) is 4.73. The number of para-hydroxylation sites is 2. The molecular formula is C25H24FN3O3S. The number of hydrogen-bond acceptors (Lipinski definition) is 3. The zero-order chi connectivity index (χ0) is 23.4. The number of fused-ring (bicyclic) bond motifs is 1. The van der Waals surface area contributed by atoms with Crippen molar-refractivity contribution in [1.29, 1.82) is 0 Å². The molecule has 0 aliphatic rings. The van der Waals surface area contributed by atoms with E-state index in [1.807, 2.05) is 53.1 Å². The van der Waals surface area contributed by atoms with E-state index >= 15 is 0 Å². The fourth-order valence-corrected chi connectivity index (χ4v) is 5.53. The Morgan fingerprint density at radius 1 is 0.939 bits per heavy atom. The number of urea groups is 1. The first kappa shape index (κ1) is 22.5. The van der Waals surface area contributed by atoms with Gasteiger partial charge in [-0.2, -0.15) is 0 Å². The van der Waals surface area contributed by atoms with Crippen LogP contribution in [0, 0.1) is 12.7 Å². The number of amides is 2. The molecule has 0 atom stereocenters. The Labute approximate surface area is 192 Å². The molecule has 0 spiro atoms. The van der Waals surface area contributed by atoms with E-state index in [4.69, 9.17) is 0 Å². The number of anilines is 1. The molecule has 0 aliphatic carbocycles. The summed E-state index contributed by atoms with van der Waals surface area (Å²) < 4.78 is 42.3. The molecule has 2 amide bonds. The summed E-state index contributed by atoms with van der Waals surface area (Å²) in [6.45, 7) is 2.24. The maximum absolute atomic E-state index is 13.7. The minimum atomic E-state index is -3.70. The highest BCUT2D eigenvalue weighted by molar-refractivity contribution is 7.91. The predicted molar refractivity (Wildman–Crippen MR) is 128 cm³/mol. The van der Waals surface area contributed by atoms with Crippen molar-refractivity contribution in [2.75, 3.05) is 17.6 Å². The molecule has 0 unspecified atom stereocenters. The van der Waals surface area contributed by atoms with Crippen LogP contribution in [0.4, 0.5) is 14.9 Å². The van der Waals surface area contributed by atoms with Gasteiger partial charge in [0.1, 0.15) is 5.82 Å². The second kappa shape index (κ2) is 9.46. The van der Waals surface area contributed by atoms with Gasteiger partial charge in [-0.15, -0.1) is 0 Å². The Morgan fingerprint density at radius 3 is 2.36 bits per heavy atom. The molecule has 6 nitrogen and oxygen atoms in total. The van der Waals surface area contributed by atoms with Crippen LogP contribution in [0.25, 0.3) is 10.9 Å². The Balaban J connectivity index is 1.53. The molecule has 0 saturated carbocycles. The molecule has 0 fully saturated rings. The second-order valence-electron chi connectivity index (χ2n) is 7.68. The van der Waals surface area contributed by atoms with Gasteiger partial charge < -0.3 is 15.2 Å². The van der Waals surface area contributed by atoms with Gasteiger partial charge in [-0.1, -0.05) is 60.7 Å². The van der Waals surface area contributed by atoms with E-state index < -0.39 is 21.7 Å². The number of nitrogens with one attached hydrogen (secondary N) is 2. The van der Waals surface area contributed by atoms with Crippen molar-refractivity contribution in [3.05, 3.63) is 95.9 Å². The van der Waals surface area contributed by atoms with Crippen molar-refractivity contribution < 1.29 is 17.6 Å². The molecule has 1 aromatic heterocycles. The van der Waals surface area contributed by atoms with Gasteiger partial charge in [0.05, 0.1) is 16.3 Å². The number of carbonyl (C=O) groups excluding carboxylic acids is 1. The quantitative estimate of drug-likeness (QED) is 0.414. The van der Waals surface area contributed by atoms with Crippen LogP contribution in [0.2, 0.25) is 0 Å². The molecule has 0 radical (unpaired) electrons. The van der Waals surface area contributed by atoms with Crippen LogP contribution in [0.5, 0.6) is 0 Å². The van der Waals surface area contributed by atoms with E-state index in [1.165, 1.54) is 18.2 Å². The molecule has 0 aliphatic heterocycles. The van der Waals surface area contributed by atoms with E-state index in [1.54, 1.807) is 19.1 Å². The van der Waals surface area contributed by atoms with Gasteiger partial charge in [-0.25, -0.2) is 17.6 Å². The number of hydrogen-bond donors (Lipinski definition) is 2. The third-order valence-corrected chi connectivity index (χ3v) is 7.32. The van der Waals surface area contributed by atoms with E-state index in [2.05, 4.69) is 10.6 Å². The highest BCUT2D eigenvalue weighted by atomic mass is 32.2. The molecule has 2 N–H and O–H groups in total. The van der Waals surface area contributed by atoms with Gasteiger partial charge in [0.15, 0.2) is 9.84 Å². The normalized spacial score (nSPS) is 11.5. The Kier molecular flexibility index (Phi) is 6.46. The third-order valence-electron chi connectivity index (χ3n) is 5.45. The fourth-order valence-electron chi connectivity index (χ4n) is 3.89. The fraction of sp³-hybridized carbons (Fsp3) is 0.160. The van der Waals surface area contributed by atoms with Crippen LogP contribution in [0.3, 0.4) is 0 Å². The molecule has 8 heteroatoms. The standard InChI is InChI=1S/C25H24FN3O3S/c1-18-24(20-11-5-8-14-23(20)29(18)17-19-9-3-2-4-10-19)33(31,32)16-15-27-25(30)28-22-13-7-6-12-21(22)26/h2-14H,15-17H2,1H3,(H2,27,28,30). The minimum absolute atomic E-state index is 0.0256. The van der Waals surface area contributed by atoms with E-state index in [0.29, 0.717) is 17.6 Å². The molecule has 1 heterocycles. The molecule has 3 aromatic carbocycles. The topological polar surface area (TPSA) is 80.2 Å². The number of benzene rings is 3. The third kappa shape index (κ3) is 4.90. The zero-order valence-electron chi connectivity index (χ0n) is 18.1. The zero-order valence-corrected chi connectivity index (χ0v) is 18.9. The number of rotatable bonds is 7. The number of halogens is 1. The number of aromatic nitrogens is 1. The van der Waals surface area contributed by atoms with Gasteiger partial charge in [0.2, 0.25) is 0 Å². The lowest BCUT2D eigenvalue weighted by Crippen LogP contribution is -2.33. The summed E-state index contributed by atoms with van der Waals surface area (Å²) in [4.78, 5) is 12.4. The van der Waals surface area contributed by atoms with Gasteiger partial charge >= 0.3 is 6.03 Å². The first-order valence-electron chi connectivity index (χ1n) is 10.5. The lowest BCUT2D eigenvalue weighted by Gasteiger charge is -2.10. The average Bonchev–Trinajstić information content (AvgIpc) is 3.08. The van der Waals surface area contributed by atoms with Gasteiger partial charge in [-0.3, -0.25) is 0 Å². The minimum Gasteiger partial charge on any atom is -0.339 e. The summed E-state index contributed by atoms with van der Waals surface area (Å²) in [5, 5.41) is 5.53. The Hall–Kier alpha value is -3.65. The average molecular weight is 466 g/mol. The van der Waals surface area contributed by atoms with Gasteiger partial charge in [-0.05, 0) is 30.7 Å². The molecule has 33 heavy (non-hydrogen) atoms. The Bertz CT molecular complexity index is 1400. The lowest BCUT2D eigenvalue weighted by atomic mass is 10.2. The Morgan fingerprint density at radius 2 is 1.61 bits per heavy atom. The molecular weight excluding hydrogens is 441 g/mol. The number of carbonyl (C=O) groups is 1. The molecule has 4 aromatic rings. The summed E-state index contributed by atoms with van der Waals surface area (Å²) in [6.07, 6.45) is 0. The van der Waals surface area contributed by atoms with Crippen LogP contribution in [0.1, 0.15) is 11.3 Å². The van der Waals surface area contributed by atoms with Crippen LogP contribution >= 0.6 is 0 Å². The van der Waals surface area contributed by atoms with Crippen molar-refractivity contribution in [2.45, 2.75) is 18.4 Å². The van der Waals surface area contributed by atoms with Crippen molar-refractivity contribution >= 4 is 32.5 Å². The van der Waals surface area contributed by atoms with Crippen LogP contribution < -0.4 is 10.6 Å². The summed E-state index contributed by atoms with van der Waals surface area (Å²) in [5.41, 5.74) is 2.58. The van der Waals surface area contributed by atoms with Gasteiger partial charge in [0, 0.05) is 29.7 Å². The highest BCUT2D eigenvalue weighted by Crippen LogP contribution is 2.31. The monoisotopic (exact) mass is 465 g/mol. The van der Waals surface area contributed by atoms with Crippen molar-refractivity contribution in [2.24, 2.45) is 0 Å². The maximum atomic E-state index is 13.7. The van der Waals surface area contributed by atoms with E-state index in [9.17, 15) is 17.6 Å². The summed E-state index contributed by atoms with van der Waals surface area (Å²) in [6, 6.07) is 22.3. The smallest absolute Gasteiger partial charge is 0.319 e. The van der Waals surface area contributed by atoms with Crippen molar-refractivity contribution in [1.82, 2.24) is 9.88 Å².